The Hall–Kier alpha value is -2.19. The molecule has 22 heavy (non-hydrogen) atoms. The number of nitrogens with two attached hydrogens (primary N) is 1. The van der Waals surface area contributed by atoms with E-state index in [1.165, 1.54) is 16.6 Å². The summed E-state index contributed by atoms with van der Waals surface area (Å²) in [6, 6.07) is 8.69. The molecule has 0 aromatic carbocycles. The molecule has 8 heteroatoms. The zero-order chi connectivity index (χ0) is 15.6. The van der Waals surface area contributed by atoms with Crippen molar-refractivity contribution in [3.8, 4) is 0 Å². The first kappa shape index (κ1) is 14.7. The number of nitrogen functional groups attached to an aromatic ring is 1. The van der Waals surface area contributed by atoms with Crippen molar-refractivity contribution in [1.82, 2.24) is 14.3 Å². The Morgan fingerprint density at radius 3 is 2.36 bits per heavy atom. The van der Waals surface area contributed by atoms with Crippen LogP contribution in [-0.4, -0.2) is 48.9 Å². The van der Waals surface area contributed by atoms with Crippen LogP contribution in [0.5, 0.6) is 0 Å². The quantitative estimate of drug-likeness (QED) is 0.889. The van der Waals surface area contributed by atoms with E-state index in [2.05, 4.69) is 14.9 Å². The third-order valence-electron chi connectivity index (χ3n) is 3.58. The number of aromatic nitrogens is 2. The molecule has 1 saturated heterocycles. The first-order chi connectivity index (χ1) is 10.6. The Labute approximate surface area is 129 Å². The second-order valence-electron chi connectivity index (χ2n) is 5.01. The lowest BCUT2D eigenvalue weighted by Gasteiger charge is -2.34. The number of hydrogen-bond acceptors (Lipinski definition) is 6. The number of sulfonamides is 1. The zero-order valence-electron chi connectivity index (χ0n) is 12.0. The van der Waals surface area contributed by atoms with Gasteiger partial charge in [-0.25, -0.2) is 18.4 Å². The monoisotopic (exact) mass is 319 g/mol. The van der Waals surface area contributed by atoms with Crippen molar-refractivity contribution < 1.29 is 8.42 Å². The molecule has 2 N–H and O–H groups in total. The summed E-state index contributed by atoms with van der Waals surface area (Å²) in [6.07, 6.45) is 3.09. The molecule has 0 spiro atoms. The highest BCUT2D eigenvalue weighted by Crippen LogP contribution is 2.18. The Kier molecular flexibility index (Phi) is 3.95. The summed E-state index contributed by atoms with van der Waals surface area (Å²) in [6.45, 7) is 2.02. The van der Waals surface area contributed by atoms with Gasteiger partial charge in [-0.1, -0.05) is 6.07 Å². The first-order valence-electron chi connectivity index (χ1n) is 6.95. The average molecular weight is 319 g/mol. The molecular formula is C14H17N5O2S. The van der Waals surface area contributed by atoms with Crippen LogP contribution in [0, 0.1) is 0 Å². The second-order valence-corrected chi connectivity index (χ2v) is 6.89. The van der Waals surface area contributed by atoms with Crippen LogP contribution in [0.4, 0.5) is 11.5 Å². The van der Waals surface area contributed by atoms with Crippen LogP contribution in [0.15, 0.2) is 47.8 Å². The molecule has 0 radical (unpaired) electrons. The van der Waals surface area contributed by atoms with Crippen molar-refractivity contribution in [2.24, 2.45) is 0 Å². The van der Waals surface area contributed by atoms with Crippen molar-refractivity contribution in [1.29, 1.82) is 0 Å². The van der Waals surface area contributed by atoms with E-state index in [-0.39, 0.29) is 5.03 Å². The predicted octanol–water partition coefficient (Wildman–Crippen LogP) is 0.570. The van der Waals surface area contributed by atoms with Gasteiger partial charge >= 0.3 is 0 Å². The van der Waals surface area contributed by atoms with Crippen molar-refractivity contribution in [3.63, 3.8) is 0 Å². The van der Waals surface area contributed by atoms with Crippen LogP contribution in [0.3, 0.4) is 0 Å². The highest BCUT2D eigenvalue weighted by Gasteiger charge is 2.29. The van der Waals surface area contributed by atoms with Crippen LogP contribution in [0.1, 0.15) is 0 Å². The molecule has 2 aromatic heterocycles. The molecule has 0 aliphatic carbocycles. The summed E-state index contributed by atoms with van der Waals surface area (Å²) in [5, 5.41) is 0.0352. The molecule has 0 bridgehead atoms. The minimum atomic E-state index is -3.56. The number of nitrogens with zero attached hydrogens (tertiary/aromatic N) is 4. The van der Waals surface area contributed by atoms with Gasteiger partial charge in [0.1, 0.15) is 5.82 Å². The standard InChI is InChI=1S/C14H17N5O2S/c15-12-4-5-14(17-11-12)22(20,21)19-9-7-18(8-10-19)13-3-1-2-6-16-13/h1-6,11H,7-10,15H2. The zero-order valence-corrected chi connectivity index (χ0v) is 12.8. The molecule has 1 fully saturated rings. The van der Waals surface area contributed by atoms with Gasteiger partial charge in [-0.3, -0.25) is 0 Å². The fraction of sp³-hybridized carbons (Fsp3) is 0.286. The van der Waals surface area contributed by atoms with Gasteiger partial charge in [0, 0.05) is 32.4 Å². The molecule has 0 atom stereocenters. The maximum atomic E-state index is 12.5. The van der Waals surface area contributed by atoms with E-state index in [0.29, 0.717) is 31.9 Å². The Bertz CT molecular complexity index is 726. The van der Waals surface area contributed by atoms with Gasteiger partial charge in [0.2, 0.25) is 0 Å². The summed E-state index contributed by atoms with van der Waals surface area (Å²) in [4.78, 5) is 10.3. The highest BCUT2D eigenvalue weighted by molar-refractivity contribution is 7.89. The largest absolute Gasteiger partial charge is 0.397 e. The smallest absolute Gasteiger partial charge is 0.260 e. The summed E-state index contributed by atoms with van der Waals surface area (Å²) in [5.41, 5.74) is 5.99. The molecule has 0 amide bonds. The molecule has 1 aliphatic heterocycles. The molecule has 7 nitrogen and oxygen atoms in total. The van der Waals surface area contributed by atoms with E-state index in [9.17, 15) is 8.42 Å². The number of rotatable bonds is 3. The van der Waals surface area contributed by atoms with Crippen LogP contribution < -0.4 is 10.6 Å². The van der Waals surface area contributed by atoms with Gasteiger partial charge in [-0.05, 0) is 24.3 Å². The third kappa shape index (κ3) is 2.88. The fourth-order valence-electron chi connectivity index (χ4n) is 2.37. The first-order valence-corrected chi connectivity index (χ1v) is 8.39. The van der Waals surface area contributed by atoms with E-state index in [4.69, 9.17) is 5.73 Å². The SMILES string of the molecule is Nc1ccc(S(=O)(=O)N2CCN(c3ccccn3)CC2)nc1. The predicted molar refractivity (Wildman–Crippen MR) is 83.9 cm³/mol. The normalized spacial score (nSPS) is 16.6. The summed E-state index contributed by atoms with van der Waals surface area (Å²) < 4.78 is 26.5. The van der Waals surface area contributed by atoms with Gasteiger partial charge in [0.25, 0.3) is 10.0 Å². The van der Waals surface area contributed by atoms with E-state index in [1.807, 2.05) is 18.2 Å². The average Bonchev–Trinajstić information content (AvgIpc) is 2.56. The maximum absolute atomic E-state index is 12.5. The van der Waals surface area contributed by atoms with Crippen molar-refractivity contribution in [3.05, 3.63) is 42.7 Å². The molecule has 2 aromatic rings. The van der Waals surface area contributed by atoms with Gasteiger partial charge in [0.05, 0.1) is 11.9 Å². The van der Waals surface area contributed by atoms with Gasteiger partial charge in [-0.2, -0.15) is 4.31 Å². The minimum absolute atomic E-state index is 0.0352. The molecule has 0 saturated carbocycles. The Balaban J connectivity index is 1.72. The number of anilines is 2. The Morgan fingerprint density at radius 1 is 1.00 bits per heavy atom. The molecule has 0 unspecified atom stereocenters. The van der Waals surface area contributed by atoms with Crippen LogP contribution in [0.2, 0.25) is 0 Å². The lowest BCUT2D eigenvalue weighted by Crippen LogP contribution is -2.49. The Morgan fingerprint density at radius 2 is 1.77 bits per heavy atom. The van der Waals surface area contributed by atoms with Crippen LogP contribution >= 0.6 is 0 Å². The molecule has 1 aliphatic rings. The third-order valence-corrected chi connectivity index (χ3v) is 5.39. The topological polar surface area (TPSA) is 92.4 Å². The van der Waals surface area contributed by atoms with Gasteiger partial charge in [-0.15, -0.1) is 0 Å². The summed E-state index contributed by atoms with van der Waals surface area (Å²) in [7, 11) is -3.56. The number of hydrogen-bond donors (Lipinski definition) is 1. The number of piperazine rings is 1. The number of pyridine rings is 2. The van der Waals surface area contributed by atoms with Crippen molar-refractivity contribution in [2.75, 3.05) is 36.8 Å². The maximum Gasteiger partial charge on any atom is 0.260 e. The van der Waals surface area contributed by atoms with E-state index < -0.39 is 10.0 Å². The van der Waals surface area contributed by atoms with Gasteiger partial charge < -0.3 is 10.6 Å². The summed E-state index contributed by atoms with van der Waals surface area (Å²) >= 11 is 0. The highest BCUT2D eigenvalue weighted by atomic mass is 32.2. The minimum Gasteiger partial charge on any atom is -0.397 e. The molecule has 116 valence electrons. The van der Waals surface area contributed by atoms with E-state index >= 15 is 0 Å². The van der Waals surface area contributed by atoms with E-state index in [1.54, 1.807) is 12.3 Å². The van der Waals surface area contributed by atoms with Crippen LogP contribution in [-0.2, 0) is 10.0 Å². The summed E-state index contributed by atoms with van der Waals surface area (Å²) in [5.74, 6) is 0.866. The lowest BCUT2D eigenvalue weighted by molar-refractivity contribution is 0.382. The van der Waals surface area contributed by atoms with Gasteiger partial charge in [0.15, 0.2) is 5.03 Å². The van der Waals surface area contributed by atoms with Crippen LogP contribution in [0.25, 0.3) is 0 Å². The lowest BCUT2D eigenvalue weighted by atomic mass is 10.3. The molecule has 3 rings (SSSR count). The second kappa shape index (κ2) is 5.90. The van der Waals surface area contributed by atoms with Crippen molar-refractivity contribution in [2.45, 2.75) is 5.03 Å². The van der Waals surface area contributed by atoms with Crippen molar-refractivity contribution >= 4 is 21.5 Å². The molecular weight excluding hydrogens is 302 g/mol. The van der Waals surface area contributed by atoms with E-state index in [0.717, 1.165) is 5.82 Å². The fourth-order valence-corrected chi connectivity index (χ4v) is 3.71. The molecule has 3 heterocycles.